The summed E-state index contributed by atoms with van der Waals surface area (Å²) in [5.41, 5.74) is 3.84. The van der Waals surface area contributed by atoms with E-state index in [2.05, 4.69) is 5.32 Å². The molecule has 5 N–H and O–H groups in total. The second-order valence-corrected chi connectivity index (χ2v) is 3.72. The van der Waals surface area contributed by atoms with Gasteiger partial charge in [-0.3, -0.25) is 19.7 Å². The SMILES string of the molecule is CC(NC(=O)c1cc(O)c(O)c([N+](=O)[O-])c1)C(N)=O. The quantitative estimate of drug-likeness (QED) is 0.331. The summed E-state index contributed by atoms with van der Waals surface area (Å²) >= 11 is 0. The van der Waals surface area contributed by atoms with Crippen molar-refractivity contribution in [1.29, 1.82) is 0 Å². The summed E-state index contributed by atoms with van der Waals surface area (Å²) in [6.07, 6.45) is 0. The van der Waals surface area contributed by atoms with Crippen molar-refractivity contribution in [1.82, 2.24) is 5.32 Å². The first-order valence-corrected chi connectivity index (χ1v) is 5.04. The van der Waals surface area contributed by atoms with Crippen LogP contribution in [0.3, 0.4) is 0 Å². The maximum Gasteiger partial charge on any atom is 0.315 e. The van der Waals surface area contributed by atoms with Crippen LogP contribution < -0.4 is 11.1 Å². The van der Waals surface area contributed by atoms with Crippen molar-refractivity contribution >= 4 is 17.5 Å². The first kappa shape index (κ1) is 14.2. The number of amides is 2. The number of carbonyl (C=O) groups excluding carboxylic acids is 2. The topological polar surface area (TPSA) is 156 Å². The van der Waals surface area contributed by atoms with E-state index in [0.29, 0.717) is 0 Å². The minimum absolute atomic E-state index is 0.282. The van der Waals surface area contributed by atoms with E-state index in [1.165, 1.54) is 6.92 Å². The number of nitrogens with two attached hydrogens (primary N) is 1. The monoisotopic (exact) mass is 269 g/mol. The fraction of sp³-hybridized carbons (Fsp3) is 0.200. The molecule has 0 aliphatic rings. The molecule has 0 aliphatic carbocycles. The average molecular weight is 269 g/mol. The van der Waals surface area contributed by atoms with Gasteiger partial charge in [-0.2, -0.15) is 0 Å². The Labute approximate surface area is 106 Å². The molecule has 1 aromatic carbocycles. The number of benzene rings is 1. The lowest BCUT2D eigenvalue weighted by Crippen LogP contribution is -2.42. The molecule has 0 saturated heterocycles. The summed E-state index contributed by atoms with van der Waals surface area (Å²) in [5.74, 6) is -3.38. The summed E-state index contributed by atoms with van der Waals surface area (Å²) in [4.78, 5) is 32.1. The van der Waals surface area contributed by atoms with E-state index >= 15 is 0 Å². The highest BCUT2D eigenvalue weighted by atomic mass is 16.6. The smallest absolute Gasteiger partial charge is 0.315 e. The molecule has 0 radical (unpaired) electrons. The van der Waals surface area contributed by atoms with Crippen LogP contribution in [0.15, 0.2) is 12.1 Å². The molecule has 2 amide bonds. The van der Waals surface area contributed by atoms with E-state index < -0.39 is 40.0 Å². The van der Waals surface area contributed by atoms with Crippen LogP contribution in [-0.4, -0.2) is 33.0 Å². The Morgan fingerprint density at radius 3 is 2.47 bits per heavy atom. The second-order valence-electron chi connectivity index (χ2n) is 3.72. The van der Waals surface area contributed by atoms with Crippen molar-refractivity contribution in [2.45, 2.75) is 13.0 Å². The zero-order valence-corrected chi connectivity index (χ0v) is 9.78. The molecular formula is C10H11N3O6. The molecule has 0 aliphatic heterocycles. The van der Waals surface area contributed by atoms with E-state index in [1.54, 1.807) is 0 Å². The highest BCUT2D eigenvalue weighted by molar-refractivity contribution is 5.98. The van der Waals surface area contributed by atoms with E-state index in [0.717, 1.165) is 12.1 Å². The number of phenolic OH excluding ortho intramolecular Hbond substituents is 2. The molecule has 1 rings (SSSR count). The van der Waals surface area contributed by atoms with Crippen LogP contribution >= 0.6 is 0 Å². The summed E-state index contributed by atoms with van der Waals surface area (Å²) in [5, 5.41) is 31.3. The van der Waals surface area contributed by atoms with Crippen LogP contribution in [0.4, 0.5) is 5.69 Å². The number of carbonyl (C=O) groups is 2. The van der Waals surface area contributed by atoms with Crippen LogP contribution in [0.2, 0.25) is 0 Å². The molecule has 0 aromatic heterocycles. The maximum absolute atomic E-state index is 11.7. The Morgan fingerprint density at radius 1 is 1.42 bits per heavy atom. The molecule has 102 valence electrons. The number of rotatable bonds is 4. The van der Waals surface area contributed by atoms with Gasteiger partial charge in [0.15, 0.2) is 5.75 Å². The number of hydrogen-bond donors (Lipinski definition) is 4. The van der Waals surface area contributed by atoms with Gasteiger partial charge in [0.2, 0.25) is 11.7 Å². The van der Waals surface area contributed by atoms with Crippen molar-refractivity contribution < 1.29 is 24.7 Å². The van der Waals surface area contributed by atoms with Gasteiger partial charge in [-0.25, -0.2) is 0 Å². The van der Waals surface area contributed by atoms with Gasteiger partial charge in [0.25, 0.3) is 5.91 Å². The Hall–Kier alpha value is -2.84. The summed E-state index contributed by atoms with van der Waals surface area (Å²) in [7, 11) is 0. The van der Waals surface area contributed by atoms with Gasteiger partial charge in [0.05, 0.1) is 10.5 Å². The molecule has 0 heterocycles. The van der Waals surface area contributed by atoms with Crippen molar-refractivity contribution in [3.8, 4) is 11.5 Å². The normalized spacial score (nSPS) is 11.6. The number of nitrogens with one attached hydrogen (secondary N) is 1. The molecule has 0 spiro atoms. The van der Waals surface area contributed by atoms with Crippen LogP contribution in [0, 0.1) is 10.1 Å². The molecule has 9 nitrogen and oxygen atoms in total. The van der Waals surface area contributed by atoms with E-state index in [4.69, 9.17) is 5.73 Å². The zero-order valence-electron chi connectivity index (χ0n) is 9.78. The van der Waals surface area contributed by atoms with Crippen LogP contribution in [0.1, 0.15) is 17.3 Å². The van der Waals surface area contributed by atoms with E-state index in [9.17, 15) is 29.9 Å². The lowest BCUT2D eigenvalue weighted by molar-refractivity contribution is -0.386. The van der Waals surface area contributed by atoms with E-state index in [1.807, 2.05) is 0 Å². The number of hydrogen-bond acceptors (Lipinski definition) is 6. The number of nitrogens with zero attached hydrogens (tertiary/aromatic N) is 1. The van der Waals surface area contributed by atoms with Crippen molar-refractivity contribution in [2.24, 2.45) is 5.73 Å². The number of aromatic hydroxyl groups is 2. The Morgan fingerprint density at radius 2 is 2.00 bits per heavy atom. The Balaban J connectivity index is 3.11. The molecule has 0 fully saturated rings. The predicted molar refractivity (Wildman–Crippen MR) is 62.5 cm³/mol. The van der Waals surface area contributed by atoms with Gasteiger partial charge in [-0.1, -0.05) is 0 Å². The molecule has 0 saturated carbocycles. The van der Waals surface area contributed by atoms with Crippen LogP contribution in [0.5, 0.6) is 11.5 Å². The molecule has 19 heavy (non-hydrogen) atoms. The Kier molecular flexibility index (Phi) is 3.90. The molecule has 0 bridgehead atoms. The molecule has 1 atom stereocenters. The minimum atomic E-state index is -0.984. The first-order chi connectivity index (χ1) is 8.73. The van der Waals surface area contributed by atoms with Crippen molar-refractivity contribution in [3.63, 3.8) is 0 Å². The van der Waals surface area contributed by atoms with Crippen LogP contribution in [-0.2, 0) is 4.79 Å². The number of primary amides is 1. The highest BCUT2D eigenvalue weighted by Crippen LogP contribution is 2.35. The first-order valence-electron chi connectivity index (χ1n) is 5.04. The van der Waals surface area contributed by atoms with Gasteiger partial charge in [-0.05, 0) is 13.0 Å². The third-order valence-corrected chi connectivity index (χ3v) is 2.30. The highest BCUT2D eigenvalue weighted by Gasteiger charge is 2.22. The van der Waals surface area contributed by atoms with Crippen molar-refractivity contribution in [2.75, 3.05) is 0 Å². The second kappa shape index (κ2) is 5.21. The van der Waals surface area contributed by atoms with Crippen molar-refractivity contribution in [3.05, 3.63) is 27.8 Å². The number of nitro benzene ring substituents is 1. The van der Waals surface area contributed by atoms with Gasteiger partial charge < -0.3 is 21.3 Å². The van der Waals surface area contributed by atoms with Gasteiger partial charge in [0.1, 0.15) is 6.04 Å². The van der Waals surface area contributed by atoms with Gasteiger partial charge >= 0.3 is 5.69 Å². The minimum Gasteiger partial charge on any atom is -0.504 e. The number of phenols is 2. The average Bonchev–Trinajstić information content (AvgIpc) is 2.31. The summed E-state index contributed by atoms with van der Waals surface area (Å²) in [6, 6.07) is 0.631. The van der Waals surface area contributed by atoms with Gasteiger partial charge in [0, 0.05) is 6.07 Å². The molecular weight excluding hydrogens is 258 g/mol. The molecule has 1 aromatic rings. The largest absolute Gasteiger partial charge is 0.504 e. The molecule has 1 unspecified atom stereocenters. The third-order valence-electron chi connectivity index (χ3n) is 2.30. The summed E-state index contributed by atoms with van der Waals surface area (Å²) in [6.45, 7) is 1.33. The zero-order chi connectivity index (χ0) is 14.7. The standard InChI is InChI=1S/C10H11N3O6/c1-4(9(11)16)12-10(17)5-2-6(13(18)19)8(15)7(14)3-5/h2-4,14-15H,1H3,(H2,11,16)(H,12,17). The van der Waals surface area contributed by atoms with E-state index in [-0.39, 0.29) is 5.56 Å². The fourth-order valence-corrected chi connectivity index (χ4v) is 1.23. The van der Waals surface area contributed by atoms with Gasteiger partial charge in [-0.15, -0.1) is 0 Å². The summed E-state index contributed by atoms with van der Waals surface area (Å²) < 4.78 is 0. The Bertz CT molecular complexity index is 556. The van der Waals surface area contributed by atoms with Crippen LogP contribution in [0.25, 0.3) is 0 Å². The number of nitro groups is 1. The molecule has 9 heteroatoms. The predicted octanol–water partition coefficient (Wildman–Crippen LogP) is -0.390. The lowest BCUT2D eigenvalue weighted by Gasteiger charge is -2.10. The lowest BCUT2D eigenvalue weighted by atomic mass is 10.1. The fourth-order valence-electron chi connectivity index (χ4n) is 1.23. The third kappa shape index (κ3) is 3.09. The maximum atomic E-state index is 11.7.